The van der Waals surface area contributed by atoms with Gasteiger partial charge in [0, 0.05) is 36.9 Å². The molecule has 94 valence electrons. The van der Waals surface area contributed by atoms with Crippen molar-refractivity contribution in [3.05, 3.63) is 18.1 Å². The Morgan fingerprint density at radius 3 is 2.82 bits per heavy atom. The van der Waals surface area contributed by atoms with Crippen molar-refractivity contribution in [2.45, 2.75) is 52.2 Å². The molecule has 17 heavy (non-hydrogen) atoms. The van der Waals surface area contributed by atoms with Crippen molar-refractivity contribution in [1.29, 1.82) is 0 Å². The van der Waals surface area contributed by atoms with E-state index in [0.717, 1.165) is 24.9 Å². The molecule has 0 aromatic carbocycles. The van der Waals surface area contributed by atoms with Gasteiger partial charge in [0.25, 0.3) is 0 Å². The van der Waals surface area contributed by atoms with E-state index in [-0.39, 0.29) is 0 Å². The molecule has 0 radical (unpaired) electrons. The third-order valence-corrected chi connectivity index (χ3v) is 3.16. The molecule has 1 aromatic heterocycles. The lowest BCUT2D eigenvalue weighted by Gasteiger charge is -2.28. The van der Waals surface area contributed by atoms with Crippen LogP contribution in [0.1, 0.15) is 39.2 Å². The Hall–Kier alpha value is -1.16. The van der Waals surface area contributed by atoms with Gasteiger partial charge in [0.2, 0.25) is 0 Å². The molecule has 0 saturated heterocycles. The van der Waals surface area contributed by atoms with Crippen LogP contribution in [0.4, 0.5) is 5.82 Å². The van der Waals surface area contributed by atoms with E-state index in [4.69, 9.17) is 0 Å². The first kappa shape index (κ1) is 12.3. The van der Waals surface area contributed by atoms with Gasteiger partial charge in [-0.15, -0.1) is 0 Å². The van der Waals surface area contributed by atoms with E-state index in [2.05, 4.69) is 41.0 Å². The first-order valence-electron chi connectivity index (χ1n) is 6.51. The Bertz CT molecular complexity index is 360. The van der Waals surface area contributed by atoms with E-state index in [1.807, 2.05) is 6.20 Å². The van der Waals surface area contributed by atoms with E-state index in [0.29, 0.717) is 6.04 Å². The summed E-state index contributed by atoms with van der Waals surface area (Å²) in [6.07, 6.45) is 6.19. The van der Waals surface area contributed by atoms with Crippen LogP contribution >= 0.6 is 0 Å². The number of aromatic nitrogens is 2. The van der Waals surface area contributed by atoms with E-state index in [9.17, 15) is 0 Å². The minimum absolute atomic E-state index is 0.467. The summed E-state index contributed by atoms with van der Waals surface area (Å²) in [6.45, 7) is 8.42. The average molecular weight is 234 g/mol. The first-order chi connectivity index (χ1) is 8.22. The molecule has 1 aliphatic rings. The summed E-state index contributed by atoms with van der Waals surface area (Å²) < 4.78 is 0. The van der Waals surface area contributed by atoms with Gasteiger partial charge in [-0.25, -0.2) is 9.97 Å². The molecule has 1 heterocycles. The van der Waals surface area contributed by atoms with Gasteiger partial charge in [0.1, 0.15) is 12.1 Å². The third-order valence-electron chi connectivity index (χ3n) is 3.16. The fraction of sp³-hybridized carbons (Fsp3) is 0.692. The molecule has 0 aliphatic heterocycles. The second kappa shape index (κ2) is 5.45. The lowest BCUT2D eigenvalue weighted by molar-refractivity contribution is 0.656. The van der Waals surface area contributed by atoms with Crippen molar-refractivity contribution in [2.75, 3.05) is 11.4 Å². The van der Waals surface area contributed by atoms with Crippen molar-refractivity contribution < 1.29 is 0 Å². The van der Waals surface area contributed by atoms with Gasteiger partial charge in [0.15, 0.2) is 0 Å². The van der Waals surface area contributed by atoms with Crippen molar-refractivity contribution in [3.8, 4) is 0 Å². The zero-order chi connectivity index (χ0) is 12.3. The lowest BCUT2D eigenvalue weighted by Crippen LogP contribution is -2.33. The Labute approximate surface area is 103 Å². The molecule has 0 atom stereocenters. The van der Waals surface area contributed by atoms with Gasteiger partial charge in [0.05, 0.1) is 0 Å². The Morgan fingerprint density at radius 2 is 2.24 bits per heavy atom. The van der Waals surface area contributed by atoms with Gasteiger partial charge in [-0.3, -0.25) is 0 Å². The lowest BCUT2D eigenvalue weighted by atomic mass is 10.2. The van der Waals surface area contributed by atoms with Gasteiger partial charge in [-0.1, -0.05) is 0 Å². The zero-order valence-electron chi connectivity index (χ0n) is 11.0. The summed E-state index contributed by atoms with van der Waals surface area (Å²) in [4.78, 5) is 10.9. The Balaban J connectivity index is 2.12. The van der Waals surface area contributed by atoms with Crippen LogP contribution in [-0.2, 0) is 6.54 Å². The number of anilines is 1. The molecular formula is C13H22N4. The number of hydrogen-bond donors (Lipinski definition) is 1. The maximum absolute atomic E-state index is 4.44. The topological polar surface area (TPSA) is 41.1 Å². The summed E-state index contributed by atoms with van der Waals surface area (Å²) in [6, 6.07) is 1.19. The highest BCUT2D eigenvalue weighted by atomic mass is 15.2. The number of nitrogens with zero attached hydrogens (tertiary/aromatic N) is 3. The van der Waals surface area contributed by atoms with Gasteiger partial charge < -0.3 is 10.2 Å². The van der Waals surface area contributed by atoms with Gasteiger partial charge in [-0.2, -0.15) is 0 Å². The predicted molar refractivity (Wildman–Crippen MR) is 70.0 cm³/mol. The first-order valence-corrected chi connectivity index (χ1v) is 6.51. The van der Waals surface area contributed by atoms with Crippen molar-refractivity contribution in [1.82, 2.24) is 15.3 Å². The second-order valence-electron chi connectivity index (χ2n) is 4.91. The van der Waals surface area contributed by atoms with E-state index in [1.54, 1.807) is 6.33 Å². The molecule has 1 N–H and O–H groups in total. The molecule has 0 spiro atoms. The normalized spacial score (nSPS) is 15.3. The zero-order valence-corrected chi connectivity index (χ0v) is 11.0. The number of nitrogens with one attached hydrogen (secondary N) is 1. The summed E-state index contributed by atoms with van der Waals surface area (Å²) >= 11 is 0. The summed E-state index contributed by atoms with van der Waals surface area (Å²) in [5.41, 5.74) is 1.20. The highest BCUT2D eigenvalue weighted by molar-refractivity contribution is 5.46. The smallest absolute Gasteiger partial charge is 0.136 e. The summed E-state index contributed by atoms with van der Waals surface area (Å²) in [5.74, 6) is 1.07. The summed E-state index contributed by atoms with van der Waals surface area (Å²) in [5, 5.41) is 3.52. The largest absolute Gasteiger partial charge is 0.354 e. The minimum Gasteiger partial charge on any atom is -0.354 e. The van der Waals surface area contributed by atoms with Gasteiger partial charge in [-0.05, 0) is 33.6 Å². The van der Waals surface area contributed by atoms with Crippen LogP contribution in [0.2, 0.25) is 0 Å². The predicted octanol–water partition coefficient (Wildman–Crippen LogP) is 1.96. The maximum atomic E-state index is 4.44. The van der Waals surface area contributed by atoms with E-state index in [1.165, 1.54) is 18.4 Å². The third kappa shape index (κ3) is 3.16. The van der Waals surface area contributed by atoms with Crippen LogP contribution in [0.15, 0.2) is 12.5 Å². The monoisotopic (exact) mass is 234 g/mol. The van der Waals surface area contributed by atoms with E-state index >= 15 is 0 Å². The number of rotatable bonds is 6. The quantitative estimate of drug-likeness (QED) is 0.817. The van der Waals surface area contributed by atoms with Crippen LogP contribution in [0, 0.1) is 0 Å². The SMILES string of the molecule is CCN(c1ncncc1CNC1CC1)C(C)C. The molecule has 1 saturated carbocycles. The van der Waals surface area contributed by atoms with E-state index < -0.39 is 0 Å². The molecule has 4 heteroatoms. The van der Waals surface area contributed by atoms with Crippen LogP contribution < -0.4 is 10.2 Å². The fourth-order valence-electron chi connectivity index (χ4n) is 2.04. The van der Waals surface area contributed by atoms with Crippen LogP contribution in [0.25, 0.3) is 0 Å². The minimum atomic E-state index is 0.467. The average Bonchev–Trinajstić information content (AvgIpc) is 3.12. The van der Waals surface area contributed by atoms with Crippen LogP contribution in [0.3, 0.4) is 0 Å². The molecule has 1 aliphatic carbocycles. The molecular weight excluding hydrogens is 212 g/mol. The molecule has 1 aromatic rings. The molecule has 0 unspecified atom stereocenters. The molecule has 1 fully saturated rings. The highest BCUT2D eigenvalue weighted by Crippen LogP contribution is 2.22. The highest BCUT2D eigenvalue weighted by Gasteiger charge is 2.21. The van der Waals surface area contributed by atoms with Gasteiger partial charge >= 0.3 is 0 Å². The molecule has 0 bridgehead atoms. The second-order valence-corrected chi connectivity index (χ2v) is 4.91. The molecule has 4 nitrogen and oxygen atoms in total. The van der Waals surface area contributed by atoms with Crippen LogP contribution in [-0.4, -0.2) is 28.6 Å². The Morgan fingerprint density at radius 1 is 1.47 bits per heavy atom. The fourth-order valence-corrected chi connectivity index (χ4v) is 2.04. The van der Waals surface area contributed by atoms with Crippen molar-refractivity contribution in [3.63, 3.8) is 0 Å². The van der Waals surface area contributed by atoms with Crippen LogP contribution in [0.5, 0.6) is 0 Å². The molecule has 2 rings (SSSR count). The Kier molecular flexibility index (Phi) is 3.94. The number of hydrogen-bond acceptors (Lipinski definition) is 4. The molecule has 0 amide bonds. The maximum Gasteiger partial charge on any atom is 0.136 e. The van der Waals surface area contributed by atoms with Crippen molar-refractivity contribution in [2.24, 2.45) is 0 Å². The summed E-state index contributed by atoms with van der Waals surface area (Å²) in [7, 11) is 0. The van der Waals surface area contributed by atoms with Crippen molar-refractivity contribution >= 4 is 5.82 Å². The standard InChI is InChI=1S/C13H22N4/c1-4-17(10(2)3)13-11(7-14-9-16-13)8-15-12-5-6-12/h7,9-10,12,15H,4-6,8H2,1-3H3.